The van der Waals surface area contributed by atoms with Gasteiger partial charge in [-0.15, -0.1) is 0 Å². The highest BCUT2D eigenvalue weighted by Crippen LogP contribution is 2.13. The van der Waals surface area contributed by atoms with Crippen molar-refractivity contribution in [2.45, 2.75) is 66.4 Å². The molecule has 0 aromatic carbocycles. The Bertz CT molecular complexity index is 270. The van der Waals surface area contributed by atoms with Crippen LogP contribution in [-0.4, -0.2) is 18.4 Å². The van der Waals surface area contributed by atoms with Crippen LogP contribution in [0.15, 0.2) is 11.6 Å². The predicted octanol–water partition coefficient (Wildman–Crippen LogP) is 4.71. The van der Waals surface area contributed by atoms with Crippen LogP contribution in [0.25, 0.3) is 0 Å². The van der Waals surface area contributed by atoms with Crippen LogP contribution in [0.4, 0.5) is 4.79 Å². The van der Waals surface area contributed by atoms with Gasteiger partial charge in [0.2, 0.25) is 0 Å². The number of hydrogen-bond acceptors (Lipinski definition) is 3. The molecule has 3 heteroatoms. The van der Waals surface area contributed by atoms with Crippen LogP contribution < -0.4 is 0 Å². The van der Waals surface area contributed by atoms with Crippen molar-refractivity contribution in [3.63, 3.8) is 0 Å². The Labute approximate surface area is 112 Å². The van der Waals surface area contributed by atoms with E-state index < -0.39 is 11.8 Å². The summed E-state index contributed by atoms with van der Waals surface area (Å²) in [7, 11) is 0. The van der Waals surface area contributed by atoms with Crippen LogP contribution in [0.2, 0.25) is 0 Å². The van der Waals surface area contributed by atoms with Crippen LogP contribution in [0.3, 0.4) is 0 Å². The van der Waals surface area contributed by atoms with E-state index in [1.807, 2.05) is 20.8 Å². The van der Waals surface area contributed by atoms with Gasteiger partial charge >= 0.3 is 6.16 Å². The van der Waals surface area contributed by atoms with Crippen molar-refractivity contribution in [2.75, 3.05) is 6.61 Å². The molecule has 0 radical (unpaired) electrons. The zero-order chi connectivity index (χ0) is 14.2. The van der Waals surface area contributed by atoms with Gasteiger partial charge in [0.15, 0.2) is 0 Å². The molecule has 0 saturated heterocycles. The molecule has 3 nitrogen and oxygen atoms in total. The Morgan fingerprint density at radius 2 is 1.83 bits per heavy atom. The molecule has 1 atom stereocenters. The second-order valence-electron chi connectivity index (χ2n) is 6.07. The lowest BCUT2D eigenvalue weighted by Crippen LogP contribution is -2.24. The summed E-state index contributed by atoms with van der Waals surface area (Å²) in [5.74, 6) is 0.558. The minimum absolute atomic E-state index is 0.435. The third kappa shape index (κ3) is 11.5. The third-order valence-corrected chi connectivity index (χ3v) is 2.43. The number of ether oxygens (including phenoxy) is 2. The lowest BCUT2D eigenvalue weighted by atomic mass is 10.0. The molecule has 0 bridgehead atoms. The fourth-order valence-electron chi connectivity index (χ4n) is 1.42. The molecule has 0 spiro atoms. The lowest BCUT2D eigenvalue weighted by Gasteiger charge is -2.19. The molecule has 0 aromatic heterocycles. The SMILES string of the molecule is CC(C)=CCCC(C)CCOC(=O)OC(C)(C)C. The molecule has 0 fully saturated rings. The molecule has 1 unspecified atom stereocenters. The minimum Gasteiger partial charge on any atom is -0.434 e. The predicted molar refractivity (Wildman–Crippen MR) is 74.6 cm³/mol. The second-order valence-corrected chi connectivity index (χ2v) is 6.07. The number of rotatable bonds is 6. The summed E-state index contributed by atoms with van der Waals surface area (Å²) >= 11 is 0. The minimum atomic E-state index is -0.570. The molecule has 0 amide bonds. The van der Waals surface area contributed by atoms with Gasteiger partial charge in [-0.3, -0.25) is 0 Å². The molecular formula is C15H28O3. The molecule has 18 heavy (non-hydrogen) atoms. The molecule has 0 aliphatic rings. The Morgan fingerprint density at radius 1 is 1.22 bits per heavy atom. The van der Waals surface area contributed by atoms with Crippen molar-refractivity contribution < 1.29 is 14.3 Å². The van der Waals surface area contributed by atoms with E-state index in [9.17, 15) is 4.79 Å². The highest BCUT2D eigenvalue weighted by molar-refractivity contribution is 5.60. The molecule has 0 N–H and O–H groups in total. The first-order chi connectivity index (χ1) is 8.20. The van der Waals surface area contributed by atoms with E-state index in [1.165, 1.54) is 5.57 Å². The standard InChI is InChI=1S/C15H28O3/c1-12(2)8-7-9-13(3)10-11-17-14(16)18-15(4,5)6/h8,13H,7,9-11H2,1-6H3. The van der Waals surface area contributed by atoms with E-state index in [4.69, 9.17) is 9.47 Å². The van der Waals surface area contributed by atoms with Gasteiger partial charge < -0.3 is 9.47 Å². The van der Waals surface area contributed by atoms with Gasteiger partial charge in [-0.05, 0) is 59.8 Å². The lowest BCUT2D eigenvalue weighted by molar-refractivity contribution is -0.00885. The van der Waals surface area contributed by atoms with E-state index in [1.54, 1.807) is 0 Å². The fraction of sp³-hybridized carbons (Fsp3) is 0.800. The molecule has 0 aromatic rings. The monoisotopic (exact) mass is 256 g/mol. The Morgan fingerprint density at radius 3 is 2.33 bits per heavy atom. The van der Waals surface area contributed by atoms with Crippen molar-refractivity contribution in [3.8, 4) is 0 Å². The van der Waals surface area contributed by atoms with Gasteiger partial charge in [0.25, 0.3) is 0 Å². The van der Waals surface area contributed by atoms with E-state index in [0.717, 1.165) is 19.3 Å². The van der Waals surface area contributed by atoms with Crippen molar-refractivity contribution in [3.05, 3.63) is 11.6 Å². The van der Waals surface area contributed by atoms with Crippen LogP contribution in [-0.2, 0) is 9.47 Å². The second kappa shape index (κ2) is 8.17. The first-order valence-corrected chi connectivity index (χ1v) is 6.70. The molecular weight excluding hydrogens is 228 g/mol. The van der Waals surface area contributed by atoms with Gasteiger partial charge in [0.05, 0.1) is 6.61 Å². The largest absolute Gasteiger partial charge is 0.508 e. The maximum absolute atomic E-state index is 11.3. The quantitative estimate of drug-likeness (QED) is 0.510. The van der Waals surface area contributed by atoms with E-state index in [0.29, 0.717) is 12.5 Å². The first kappa shape index (κ1) is 17.0. The summed E-state index contributed by atoms with van der Waals surface area (Å²) in [6.07, 6.45) is 4.78. The zero-order valence-electron chi connectivity index (χ0n) is 12.7. The fourth-order valence-corrected chi connectivity index (χ4v) is 1.42. The molecule has 106 valence electrons. The van der Waals surface area contributed by atoms with Crippen molar-refractivity contribution >= 4 is 6.16 Å². The molecule has 0 saturated carbocycles. The Kier molecular flexibility index (Phi) is 7.72. The normalized spacial score (nSPS) is 12.8. The maximum Gasteiger partial charge on any atom is 0.508 e. The van der Waals surface area contributed by atoms with Crippen molar-refractivity contribution in [1.29, 1.82) is 0 Å². The average molecular weight is 256 g/mol. The van der Waals surface area contributed by atoms with Crippen LogP contribution in [0, 0.1) is 5.92 Å². The number of allylic oxidation sites excluding steroid dienone is 2. The Hall–Kier alpha value is -0.990. The third-order valence-electron chi connectivity index (χ3n) is 2.43. The van der Waals surface area contributed by atoms with Gasteiger partial charge in [-0.25, -0.2) is 4.79 Å². The maximum atomic E-state index is 11.3. The molecule has 0 heterocycles. The van der Waals surface area contributed by atoms with Gasteiger partial charge in [0, 0.05) is 0 Å². The topological polar surface area (TPSA) is 35.5 Å². The zero-order valence-corrected chi connectivity index (χ0v) is 12.7. The molecule has 0 rings (SSSR count). The van der Waals surface area contributed by atoms with Crippen LogP contribution in [0.1, 0.15) is 60.8 Å². The van der Waals surface area contributed by atoms with Crippen LogP contribution >= 0.6 is 0 Å². The summed E-state index contributed by atoms with van der Waals surface area (Å²) in [4.78, 5) is 11.3. The van der Waals surface area contributed by atoms with E-state index in [-0.39, 0.29) is 0 Å². The number of carbonyl (C=O) groups excluding carboxylic acids is 1. The first-order valence-electron chi connectivity index (χ1n) is 6.70. The summed E-state index contributed by atoms with van der Waals surface area (Å²) in [5, 5.41) is 0. The van der Waals surface area contributed by atoms with Gasteiger partial charge in [-0.2, -0.15) is 0 Å². The van der Waals surface area contributed by atoms with Crippen molar-refractivity contribution in [1.82, 2.24) is 0 Å². The van der Waals surface area contributed by atoms with Gasteiger partial charge in [-0.1, -0.05) is 18.6 Å². The van der Waals surface area contributed by atoms with Crippen molar-refractivity contribution in [2.24, 2.45) is 5.92 Å². The van der Waals surface area contributed by atoms with Gasteiger partial charge in [0.1, 0.15) is 5.60 Å². The highest BCUT2D eigenvalue weighted by Gasteiger charge is 2.17. The number of carbonyl (C=O) groups is 1. The summed E-state index contributed by atoms with van der Waals surface area (Å²) in [6.45, 7) is 12.3. The highest BCUT2D eigenvalue weighted by atomic mass is 16.7. The van der Waals surface area contributed by atoms with E-state index >= 15 is 0 Å². The Balaban J connectivity index is 3.65. The summed E-state index contributed by atoms with van der Waals surface area (Å²) in [6, 6.07) is 0. The summed E-state index contributed by atoms with van der Waals surface area (Å²) in [5.41, 5.74) is 0.874. The van der Waals surface area contributed by atoms with Crippen LogP contribution in [0.5, 0.6) is 0 Å². The average Bonchev–Trinajstić information content (AvgIpc) is 2.13. The summed E-state index contributed by atoms with van der Waals surface area (Å²) < 4.78 is 10.1. The number of hydrogen-bond donors (Lipinski definition) is 0. The van der Waals surface area contributed by atoms with E-state index in [2.05, 4.69) is 26.8 Å². The molecule has 0 aliphatic heterocycles. The molecule has 0 aliphatic carbocycles. The smallest absolute Gasteiger partial charge is 0.434 e.